The van der Waals surface area contributed by atoms with Gasteiger partial charge in [0, 0.05) is 37.8 Å². The zero-order valence-corrected chi connectivity index (χ0v) is 25.5. The Balaban J connectivity index is 1.60. The summed E-state index contributed by atoms with van der Waals surface area (Å²) in [5.74, 6) is 0.685. The summed E-state index contributed by atoms with van der Waals surface area (Å²) in [6.45, 7) is 11.1. The van der Waals surface area contributed by atoms with Crippen LogP contribution < -0.4 is 14.8 Å². The van der Waals surface area contributed by atoms with E-state index in [9.17, 15) is 4.79 Å². The van der Waals surface area contributed by atoms with Crippen molar-refractivity contribution in [3.8, 4) is 11.5 Å². The van der Waals surface area contributed by atoms with Gasteiger partial charge in [-0.1, -0.05) is 44.2 Å². The van der Waals surface area contributed by atoms with Crippen molar-refractivity contribution in [2.24, 2.45) is 11.8 Å². The molecule has 42 heavy (non-hydrogen) atoms. The molecule has 0 amide bonds. The maximum atomic E-state index is 13.6. The van der Waals surface area contributed by atoms with Crippen molar-refractivity contribution in [1.29, 1.82) is 0 Å². The number of ether oxygens (including phenoxy) is 6. The van der Waals surface area contributed by atoms with Crippen LogP contribution >= 0.6 is 0 Å². The molecule has 1 aromatic carbocycles. The number of nitrogens with zero attached hydrogens (tertiary/aromatic N) is 1. The van der Waals surface area contributed by atoms with Crippen molar-refractivity contribution in [2.75, 3.05) is 32.4 Å². The molecule has 9 nitrogen and oxygen atoms in total. The molecule has 0 aliphatic carbocycles. The monoisotopic (exact) mass is 580 g/mol. The molecule has 4 rings (SSSR count). The average Bonchev–Trinajstić information content (AvgIpc) is 3.28. The molecule has 0 bridgehead atoms. The standard InChI is InChI=1S/C33H44N2O7/c1-22-14-15-23(2)31-27(41-33(4,5)42-31)12-9-11-25-19-26(38-18-10-17-35-29-13-7-8-16-34-29)20-28(39-21-37-6)30(25)32(36)40-24(22)3/h7-9,11,13-16,19-20,22-24,27,31H,10,12,17-18,21H2,1-6H3,(H,34,35)/b11-9?,15-14-/t22-,23?,24?,27?,31?/m1/s1. The predicted molar refractivity (Wildman–Crippen MR) is 162 cm³/mol. The van der Waals surface area contributed by atoms with Gasteiger partial charge in [-0.15, -0.1) is 0 Å². The lowest BCUT2D eigenvalue weighted by Gasteiger charge is -2.23. The van der Waals surface area contributed by atoms with E-state index in [1.807, 2.05) is 64.1 Å². The fourth-order valence-electron chi connectivity index (χ4n) is 5.00. The Morgan fingerprint density at radius 2 is 1.88 bits per heavy atom. The van der Waals surface area contributed by atoms with E-state index in [0.717, 1.165) is 12.2 Å². The third-order valence-electron chi connectivity index (χ3n) is 7.36. The van der Waals surface area contributed by atoms with E-state index in [-0.39, 0.29) is 36.9 Å². The van der Waals surface area contributed by atoms with E-state index in [4.69, 9.17) is 28.4 Å². The third kappa shape index (κ3) is 8.56. The second-order valence-electron chi connectivity index (χ2n) is 11.3. The lowest BCUT2D eigenvalue weighted by molar-refractivity contribution is -0.148. The number of hydrogen-bond donors (Lipinski definition) is 1. The molecule has 3 heterocycles. The molecule has 228 valence electrons. The summed E-state index contributed by atoms with van der Waals surface area (Å²) in [4.78, 5) is 17.9. The maximum Gasteiger partial charge on any atom is 0.342 e. The van der Waals surface area contributed by atoms with E-state index in [1.165, 1.54) is 7.11 Å². The third-order valence-corrected chi connectivity index (χ3v) is 7.36. The molecule has 2 aromatic rings. The molecule has 9 heteroatoms. The molecule has 4 unspecified atom stereocenters. The quantitative estimate of drug-likeness (QED) is 0.160. The van der Waals surface area contributed by atoms with E-state index >= 15 is 0 Å². The lowest BCUT2D eigenvalue weighted by Crippen LogP contribution is -2.29. The first kappa shape index (κ1) is 31.5. The molecule has 1 N–H and O–H groups in total. The van der Waals surface area contributed by atoms with Crippen LogP contribution in [0, 0.1) is 11.8 Å². The zero-order chi connectivity index (χ0) is 30.1. The van der Waals surface area contributed by atoms with Crippen LogP contribution in [0.15, 0.2) is 54.8 Å². The fraction of sp³-hybridized carbons (Fsp3) is 0.515. The number of benzene rings is 1. The Kier molecular flexibility index (Phi) is 11.0. The first-order chi connectivity index (χ1) is 20.2. The molecule has 1 fully saturated rings. The molecule has 1 aromatic heterocycles. The van der Waals surface area contributed by atoms with E-state index in [1.54, 1.807) is 12.3 Å². The summed E-state index contributed by atoms with van der Waals surface area (Å²) in [6, 6.07) is 9.29. The van der Waals surface area contributed by atoms with Gasteiger partial charge >= 0.3 is 5.97 Å². The van der Waals surface area contributed by atoms with Crippen LogP contribution in [-0.2, 0) is 18.9 Å². The van der Waals surface area contributed by atoms with Gasteiger partial charge < -0.3 is 33.7 Å². The van der Waals surface area contributed by atoms with Crippen LogP contribution in [0.3, 0.4) is 0 Å². The van der Waals surface area contributed by atoms with Gasteiger partial charge in [0.25, 0.3) is 0 Å². The summed E-state index contributed by atoms with van der Waals surface area (Å²) in [5, 5.41) is 3.28. The largest absolute Gasteiger partial charge is 0.493 e. The van der Waals surface area contributed by atoms with Crippen molar-refractivity contribution in [3.63, 3.8) is 0 Å². The first-order valence-electron chi connectivity index (χ1n) is 14.7. The van der Waals surface area contributed by atoms with Crippen LogP contribution in [0.4, 0.5) is 5.82 Å². The van der Waals surface area contributed by atoms with Crippen molar-refractivity contribution in [2.45, 2.75) is 71.6 Å². The minimum Gasteiger partial charge on any atom is -0.493 e. The summed E-state index contributed by atoms with van der Waals surface area (Å²) in [6.07, 6.45) is 10.6. The van der Waals surface area contributed by atoms with Gasteiger partial charge in [0.05, 0.1) is 18.8 Å². The van der Waals surface area contributed by atoms with Gasteiger partial charge in [-0.25, -0.2) is 9.78 Å². The lowest BCUT2D eigenvalue weighted by atomic mass is 9.94. The molecule has 0 radical (unpaired) electrons. The number of aromatic nitrogens is 1. The Morgan fingerprint density at radius 1 is 1.07 bits per heavy atom. The number of hydrogen-bond acceptors (Lipinski definition) is 9. The molecular weight excluding hydrogens is 536 g/mol. The number of carbonyl (C=O) groups excluding carboxylic acids is 1. The summed E-state index contributed by atoms with van der Waals surface area (Å²) in [5.41, 5.74) is 0.951. The molecule has 1 saturated heterocycles. The molecule has 0 saturated carbocycles. The Hall–Kier alpha value is -3.40. The van der Waals surface area contributed by atoms with Crippen molar-refractivity contribution in [3.05, 3.63) is 65.9 Å². The highest BCUT2D eigenvalue weighted by Gasteiger charge is 2.42. The Bertz CT molecular complexity index is 1230. The van der Waals surface area contributed by atoms with Crippen LogP contribution in [0.5, 0.6) is 11.5 Å². The summed E-state index contributed by atoms with van der Waals surface area (Å²) in [7, 11) is 1.53. The number of fused-ring (bicyclic) bond motifs is 2. The van der Waals surface area contributed by atoms with Gasteiger partial charge in [0.1, 0.15) is 29.0 Å². The second kappa shape index (κ2) is 14.7. The molecular formula is C33H44N2O7. The van der Waals surface area contributed by atoms with Crippen molar-refractivity contribution >= 4 is 17.9 Å². The minimum atomic E-state index is -0.678. The van der Waals surface area contributed by atoms with Gasteiger partial charge in [0.15, 0.2) is 12.6 Å². The fourth-order valence-corrected chi connectivity index (χ4v) is 5.00. The van der Waals surface area contributed by atoms with Crippen LogP contribution in [0.1, 0.15) is 63.4 Å². The first-order valence-corrected chi connectivity index (χ1v) is 14.7. The van der Waals surface area contributed by atoms with Crippen molar-refractivity contribution in [1.82, 2.24) is 4.98 Å². The van der Waals surface area contributed by atoms with Crippen LogP contribution in [0.2, 0.25) is 0 Å². The number of methoxy groups -OCH3 is 1. The van der Waals surface area contributed by atoms with Gasteiger partial charge in [-0.05, 0) is 57.4 Å². The average molecular weight is 581 g/mol. The van der Waals surface area contributed by atoms with Crippen molar-refractivity contribution < 1.29 is 33.2 Å². The predicted octanol–water partition coefficient (Wildman–Crippen LogP) is 6.26. The molecule has 0 spiro atoms. The molecule has 2 aliphatic rings. The van der Waals surface area contributed by atoms with Crippen LogP contribution in [0.25, 0.3) is 6.08 Å². The Morgan fingerprint density at radius 3 is 2.64 bits per heavy atom. The number of rotatable bonds is 9. The highest BCUT2D eigenvalue weighted by molar-refractivity contribution is 5.97. The SMILES string of the molecule is COCOc1cc(OCCCNc2ccccn2)cc2c1C(=O)OC(C)[C@H](C)/C=C\C(C)C1OC(C)(C)OC1CC=C2. The van der Waals surface area contributed by atoms with E-state index < -0.39 is 11.8 Å². The summed E-state index contributed by atoms with van der Waals surface area (Å²) < 4.78 is 35.7. The van der Waals surface area contributed by atoms with E-state index in [2.05, 4.69) is 29.4 Å². The highest BCUT2D eigenvalue weighted by atomic mass is 16.8. The van der Waals surface area contributed by atoms with Crippen LogP contribution in [-0.4, -0.2) is 62.1 Å². The zero-order valence-electron chi connectivity index (χ0n) is 25.5. The number of anilines is 1. The van der Waals surface area contributed by atoms with Gasteiger partial charge in [-0.3, -0.25) is 0 Å². The minimum absolute atomic E-state index is 0.0160. The van der Waals surface area contributed by atoms with E-state index in [0.29, 0.717) is 42.2 Å². The van der Waals surface area contributed by atoms with Gasteiger partial charge in [0.2, 0.25) is 0 Å². The number of esters is 1. The number of nitrogens with one attached hydrogen (secondary N) is 1. The Labute approximate surface area is 249 Å². The molecule has 2 aliphatic heterocycles. The number of carbonyl (C=O) groups is 1. The topological polar surface area (TPSA) is 97.4 Å². The number of pyridine rings is 1. The maximum absolute atomic E-state index is 13.6. The van der Waals surface area contributed by atoms with Gasteiger partial charge in [-0.2, -0.15) is 0 Å². The molecule has 5 atom stereocenters. The summed E-state index contributed by atoms with van der Waals surface area (Å²) >= 11 is 0. The number of cyclic esters (lactones) is 1. The second-order valence-corrected chi connectivity index (χ2v) is 11.3. The smallest absolute Gasteiger partial charge is 0.342 e. The highest BCUT2D eigenvalue weighted by Crippen LogP contribution is 2.36. The normalized spacial score (nSPS) is 26.3.